The van der Waals surface area contributed by atoms with Crippen LogP contribution in [0.15, 0.2) is 48.6 Å². The van der Waals surface area contributed by atoms with Gasteiger partial charge >= 0.3 is 0 Å². The number of allylic oxidation sites excluding steroid dienone is 8. The maximum absolute atomic E-state index is 13.5. The van der Waals surface area contributed by atoms with E-state index in [1.54, 1.807) is 0 Å². The van der Waals surface area contributed by atoms with Crippen LogP contribution in [0, 0.1) is 0 Å². The number of ether oxygens (including phenoxy) is 6. The van der Waals surface area contributed by atoms with Gasteiger partial charge in [-0.05, 0) is 51.4 Å². The highest BCUT2D eigenvalue weighted by molar-refractivity contribution is 5.76. The first-order valence-electron chi connectivity index (χ1n) is 39.4. The summed E-state index contributed by atoms with van der Waals surface area (Å²) in [7, 11) is 0. The number of hydrogen-bond acceptors (Lipinski definition) is 18. The molecule has 12 N–H and O–H groups in total. The van der Waals surface area contributed by atoms with Crippen molar-refractivity contribution >= 4 is 5.91 Å². The molecular formula is C78H143NO18. The molecule has 3 aliphatic rings. The van der Waals surface area contributed by atoms with Gasteiger partial charge in [0.25, 0.3) is 0 Å². The molecule has 3 heterocycles. The zero-order chi connectivity index (χ0) is 70.4. The maximum Gasteiger partial charge on any atom is 0.220 e. The minimum Gasteiger partial charge on any atom is -0.394 e. The third-order valence-corrected chi connectivity index (χ3v) is 19.7. The van der Waals surface area contributed by atoms with Crippen molar-refractivity contribution in [2.45, 2.75) is 413 Å². The van der Waals surface area contributed by atoms with Crippen LogP contribution in [0.1, 0.15) is 309 Å². The molecule has 0 aromatic rings. The highest BCUT2D eigenvalue weighted by Crippen LogP contribution is 2.33. The Kier molecular flexibility index (Phi) is 54.3. The molecule has 0 radical (unpaired) electrons. The molecule has 3 aliphatic heterocycles. The van der Waals surface area contributed by atoms with E-state index in [2.05, 4.69) is 67.8 Å². The zero-order valence-corrected chi connectivity index (χ0v) is 60.6. The Labute approximate surface area is 586 Å². The number of unbranched alkanes of at least 4 members (excludes halogenated alkanes) is 38. The average molecular weight is 1380 g/mol. The van der Waals surface area contributed by atoms with Crippen LogP contribution >= 0.6 is 0 Å². The van der Waals surface area contributed by atoms with Crippen molar-refractivity contribution in [2.75, 3.05) is 26.4 Å². The Morgan fingerprint density at radius 3 is 1.11 bits per heavy atom. The van der Waals surface area contributed by atoms with E-state index in [1.165, 1.54) is 205 Å². The summed E-state index contributed by atoms with van der Waals surface area (Å²) in [6.07, 6.45) is 46.2. The van der Waals surface area contributed by atoms with Crippen molar-refractivity contribution in [1.29, 1.82) is 0 Å². The van der Waals surface area contributed by atoms with Gasteiger partial charge in [0, 0.05) is 6.42 Å². The van der Waals surface area contributed by atoms with Gasteiger partial charge in [-0.25, -0.2) is 0 Å². The Morgan fingerprint density at radius 1 is 0.381 bits per heavy atom. The lowest BCUT2D eigenvalue weighted by molar-refractivity contribution is -0.379. The van der Waals surface area contributed by atoms with Gasteiger partial charge in [-0.3, -0.25) is 4.79 Å². The molecular weight excluding hydrogens is 1240 g/mol. The van der Waals surface area contributed by atoms with E-state index in [0.717, 1.165) is 70.6 Å². The van der Waals surface area contributed by atoms with Gasteiger partial charge in [0.05, 0.1) is 38.6 Å². The van der Waals surface area contributed by atoms with E-state index in [4.69, 9.17) is 28.4 Å². The molecule has 1 amide bonds. The number of hydrogen-bond donors (Lipinski definition) is 12. The van der Waals surface area contributed by atoms with Crippen LogP contribution in [0.3, 0.4) is 0 Å². The second-order valence-electron chi connectivity index (χ2n) is 28.2. The van der Waals surface area contributed by atoms with Gasteiger partial charge in [-0.2, -0.15) is 0 Å². The van der Waals surface area contributed by atoms with E-state index in [1.807, 2.05) is 0 Å². The molecule has 0 bridgehead atoms. The minimum atomic E-state index is -1.97. The molecule has 0 aliphatic carbocycles. The maximum atomic E-state index is 13.5. The van der Waals surface area contributed by atoms with Crippen LogP contribution < -0.4 is 5.32 Å². The number of rotatable bonds is 62. The highest BCUT2D eigenvalue weighted by Gasteiger charge is 2.54. The highest BCUT2D eigenvalue weighted by atomic mass is 16.8. The zero-order valence-electron chi connectivity index (χ0n) is 60.6. The number of amides is 1. The van der Waals surface area contributed by atoms with Crippen molar-refractivity contribution in [2.24, 2.45) is 0 Å². The molecule has 3 fully saturated rings. The van der Waals surface area contributed by atoms with Gasteiger partial charge < -0.3 is 89.9 Å². The minimum absolute atomic E-state index is 0.238. The lowest BCUT2D eigenvalue weighted by atomic mass is 9.96. The molecule has 0 aromatic carbocycles. The molecule has 19 heteroatoms. The van der Waals surface area contributed by atoms with E-state index >= 15 is 0 Å². The quantitative estimate of drug-likeness (QED) is 0.0199. The van der Waals surface area contributed by atoms with E-state index in [0.29, 0.717) is 12.8 Å². The Bertz CT molecular complexity index is 1940. The molecule has 17 unspecified atom stereocenters. The summed E-state index contributed by atoms with van der Waals surface area (Å²) in [5, 5.41) is 121. The number of nitrogens with one attached hydrogen (secondary N) is 1. The summed E-state index contributed by atoms with van der Waals surface area (Å²) in [4.78, 5) is 13.5. The predicted octanol–water partition coefficient (Wildman–Crippen LogP) is 12.5. The number of carbonyl (C=O) groups excluding carboxylic acids is 1. The Balaban J connectivity index is 1.36. The molecule has 97 heavy (non-hydrogen) atoms. The normalized spacial score (nSPS) is 27.1. The van der Waals surface area contributed by atoms with E-state index in [9.17, 15) is 61.0 Å². The molecule has 17 atom stereocenters. The number of carbonyl (C=O) groups is 1. The summed E-state index contributed by atoms with van der Waals surface area (Å²) in [5.74, 6) is -0.238. The number of aliphatic hydroxyl groups is 11. The first-order valence-corrected chi connectivity index (χ1v) is 39.4. The molecule has 568 valence electrons. The van der Waals surface area contributed by atoms with E-state index < -0.39 is 124 Å². The number of aliphatic hydroxyl groups excluding tert-OH is 11. The lowest BCUT2D eigenvalue weighted by Gasteiger charge is -2.48. The largest absolute Gasteiger partial charge is 0.394 e. The predicted molar refractivity (Wildman–Crippen MR) is 383 cm³/mol. The molecule has 3 saturated heterocycles. The summed E-state index contributed by atoms with van der Waals surface area (Å²) in [5.41, 5.74) is 0. The van der Waals surface area contributed by atoms with Gasteiger partial charge in [0.1, 0.15) is 73.2 Å². The van der Waals surface area contributed by atoms with Crippen LogP contribution in [0.4, 0.5) is 0 Å². The van der Waals surface area contributed by atoms with E-state index in [-0.39, 0.29) is 18.9 Å². The van der Waals surface area contributed by atoms with Crippen LogP contribution in [0.25, 0.3) is 0 Å². The monoisotopic (exact) mass is 1380 g/mol. The van der Waals surface area contributed by atoms with Gasteiger partial charge in [0.15, 0.2) is 18.9 Å². The summed E-state index contributed by atoms with van der Waals surface area (Å²) < 4.78 is 34.5. The SMILES string of the molecule is CC/C=C\C/C=C\C/C=C\C/C=C\CCCCCCCCCCCCCCCCCCCCC(=O)NC(COC1OC(CO)C(OC2OC(CO)C(OC3OC(CO)C(O)C(O)C3O)C(O)C2O)C(O)C1O)C(O)CCCCCCCCCCCCCCCCCCCCCCC. The fraction of sp³-hybridized carbons (Fsp3) is 0.885. The molecule has 0 aromatic heterocycles. The lowest BCUT2D eigenvalue weighted by Crippen LogP contribution is -2.66. The average Bonchev–Trinajstić information content (AvgIpc) is 0.798. The first-order chi connectivity index (χ1) is 47.3. The van der Waals surface area contributed by atoms with Crippen LogP contribution in [0.5, 0.6) is 0 Å². The Morgan fingerprint density at radius 2 is 0.711 bits per heavy atom. The standard InChI is InChI=1S/C78H143NO18/c1-3-5-7-9-11-13-15-17-19-21-23-25-26-27-28-29-30-31-32-33-34-36-38-40-42-44-46-48-50-52-54-56-66(84)79-61(62(83)55-53-51-49-47-45-43-41-39-37-35-24-22-20-18-16-14-12-10-8-6-4-2)60-92-76-72(90)69(87)74(64(58-81)94-76)97-78-73(91)70(88)75(65(59-82)95-78)96-77-71(89)68(86)67(85)63(57-80)93-77/h5,7,11,13,17,19,23,25,61-65,67-78,80-83,85-91H,3-4,6,8-10,12,14-16,18,20-22,24,26-60H2,1-2H3,(H,79,84)/b7-5-,13-11-,19-17-,25-23-. The van der Waals surface area contributed by atoms with Crippen molar-refractivity contribution in [3.05, 3.63) is 48.6 Å². The fourth-order valence-electron chi connectivity index (χ4n) is 13.4. The van der Waals surface area contributed by atoms with Gasteiger partial charge in [-0.15, -0.1) is 0 Å². The third-order valence-electron chi connectivity index (χ3n) is 19.7. The van der Waals surface area contributed by atoms with Crippen molar-refractivity contribution in [3.8, 4) is 0 Å². The second kappa shape index (κ2) is 59.2. The molecule has 19 nitrogen and oxygen atoms in total. The van der Waals surface area contributed by atoms with Crippen molar-refractivity contribution in [3.63, 3.8) is 0 Å². The first kappa shape index (κ1) is 89.0. The molecule has 0 saturated carbocycles. The summed E-state index contributed by atoms with van der Waals surface area (Å²) in [6, 6.07) is -0.888. The topological polar surface area (TPSA) is 307 Å². The second-order valence-corrected chi connectivity index (χ2v) is 28.2. The molecule has 0 spiro atoms. The smallest absolute Gasteiger partial charge is 0.220 e. The van der Waals surface area contributed by atoms with Crippen LogP contribution in [0.2, 0.25) is 0 Å². The third kappa shape index (κ3) is 39.8. The van der Waals surface area contributed by atoms with Crippen molar-refractivity contribution < 1.29 is 89.4 Å². The van der Waals surface area contributed by atoms with Crippen LogP contribution in [-0.2, 0) is 33.2 Å². The summed E-state index contributed by atoms with van der Waals surface area (Å²) in [6.45, 7) is 1.73. The van der Waals surface area contributed by atoms with Gasteiger partial charge in [0.2, 0.25) is 5.91 Å². The van der Waals surface area contributed by atoms with Crippen LogP contribution in [-0.4, -0.2) is 193 Å². The fourth-order valence-corrected chi connectivity index (χ4v) is 13.4. The van der Waals surface area contributed by atoms with Crippen molar-refractivity contribution in [1.82, 2.24) is 5.32 Å². The Hall–Kier alpha value is -2.25. The molecule has 3 rings (SSSR count). The van der Waals surface area contributed by atoms with Gasteiger partial charge in [-0.1, -0.05) is 300 Å². The summed E-state index contributed by atoms with van der Waals surface area (Å²) >= 11 is 0.